The van der Waals surface area contributed by atoms with Crippen molar-refractivity contribution in [2.24, 2.45) is 0 Å². The van der Waals surface area contributed by atoms with Crippen molar-refractivity contribution < 1.29 is 14.6 Å². The molecular weight excluding hydrogens is 240 g/mol. The molecule has 1 N–H and O–H groups in total. The van der Waals surface area contributed by atoms with Crippen molar-refractivity contribution in [3.63, 3.8) is 0 Å². The highest BCUT2D eigenvalue weighted by Crippen LogP contribution is 2.36. The van der Waals surface area contributed by atoms with Crippen LogP contribution in [-0.2, 0) is 0 Å². The van der Waals surface area contributed by atoms with Crippen molar-refractivity contribution in [3.8, 4) is 11.5 Å². The molecule has 0 aromatic heterocycles. The van der Waals surface area contributed by atoms with Gasteiger partial charge in [0.15, 0.2) is 11.5 Å². The minimum Gasteiger partial charge on any atom is -0.454 e. The molecule has 0 aliphatic carbocycles. The lowest BCUT2D eigenvalue weighted by Crippen LogP contribution is -2.03. The molecule has 3 heteroatoms. The zero-order valence-electron chi connectivity index (χ0n) is 11.0. The summed E-state index contributed by atoms with van der Waals surface area (Å²) in [5, 5.41) is 10.5. The SMILES string of the molecule is Cc1cccc(C(O)c2ccc3c(c2)OCO3)c1C. The molecule has 1 aliphatic heterocycles. The highest BCUT2D eigenvalue weighted by Gasteiger charge is 2.18. The monoisotopic (exact) mass is 256 g/mol. The summed E-state index contributed by atoms with van der Waals surface area (Å²) >= 11 is 0. The fraction of sp³-hybridized carbons (Fsp3) is 0.250. The standard InChI is InChI=1S/C16H16O3/c1-10-4-3-5-13(11(10)2)16(17)12-6-7-14-15(8-12)19-9-18-14/h3-8,16-17H,9H2,1-2H3. The Morgan fingerprint density at radius 2 is 1.84 bits per heavy atom. The maximum atomic E-state index is 10.5. The van der Waals surface area contributed by atoms with Gasteiger partial charge in [0.25, 0.3) is 0 Å². The first-order valence-corrected chi connectivity index (χ1v) is 6.30. The van der Waals surface area contributed by atoms with E-state index in [-0.39, 0.29) is 6.79 Å². The average molecular weight is 256 g/mol. The molecule has 1 unspecified atom stereocenters. The molecule has 19 heavy (non-hydrogen) atoms. The molecule has 0 radical (unpaired) electrons. The maximum Gasteiger partial charge on any atom is 0.231 e. The van der Waals surface area contributed by atoms with E-state index < -0.39 is 6.10 Å². The van der Waals surface area contributed by atoms with Gasteiger partial charge >= 0.3 is 0 Å². The molecule has 3 rings (SSSR count). The van der Waals surface area contributed by atoms with E-state index >= 15 is 0 Å². The Bertz CT molecular complexity index is 619. The first kappa shape index (κ1) is 12.1. The quantitative estimate of drug-likeness (QED) is 0.897. The van der Waals surface area contributed by atoms with Gasteiger partial charge in [-0.05, 0) is 48.2 Å². The molecule has 2 aromatic rings. The number of ether oxygens (including phenoxy) is 2. The Balaban J connectivity index is 2.00. The summed E-state index contributed by atoms with van der Waals surface area (Å²) in [7, 11) is 0. The van der Waals surface area contributed by atoms with Gasteiger partial charge in [-0.15, -0.1) is 0 Å². The van der Waals surface area contributed by atoms with Gasteiger partial charge in [0.1, 0.15) is 6.10 Å². The summed E-state index contributed by atoms with van der Waals surface area (Å²) in [4.78, 5) is 0. The van der Waals surface area contributed by atoms with Crippen LogP contribution < -0.4 is 9.47 Å². The molecule has 1 aliphatic rings. The first-order chi connectivity index (χ1) is 9.16. The van der Waals surface area contributed by atoms with Crippen LogP contribution in [0.15, 0.2) is 36.4 Å². The van der Waals surface area contributed by atoms with Gasteiger partial charge in [0.2, 0.25) is 6.79 Å². The van der Waals surface area contributed by atoms with Gasteiger partial charge in [-0.2, -0.15) is 0 Å². The number of aliphatic hydroxyl groups is 1. The molecule has 0 bridgehead atoms. The van der Waals surface area contributed by atoms with Crippen LogP contribution in [0.25, 0.3) is 0 Å². The lowest BCUT2D eigenvalue weighted by molar-refractivity contribution is 0.173. The van der Waals surface area contributed by atoms with E-state index in [1.165, 1.54) is 5.56 Å². The lowest BCUT2D eigenvalue weighted by Gasteiger charge is -2.16. The second-order valence-electron chi connectivity index (χ2n) is 4.80. The lowest BCUT2D eigenvalue weighted by atomic mass is 9.95. The van der Waals surface area contributed by atoms with E-state index in [2.05, 4.69) is 0 Å². The van der Waals surface area contributed by atoms with E-state index in [0.717, 1.165) is 22.4 Å². The molecule has 0 saturated heterocycles. The largest absolute Gasteiger partial charge is 0.454 e. The van der Waals surface area contributed by atoms with Crippen LogP contribution in [0.5, 0.6) is 11.5 Å². The van der Waals surface area contributed by atoms with Crippen molar-refractivity contribution in [2.75, 3.05) is 6.79 Å². The Morgan fingerprint density at radius 1 is 1.05 bits per heavy atom. The van der Waals surface area contributed by atoms with E-state index in [1.54, 1.807) is 0 Å². The first-order valence-electron chi connectivity index (χ1n) is 6.30. The number of aryl methyl sites for hydroxylation is 1. The highest BCUT2D eigenvalue weighted by atomic mass is 16.7. The van der Waals surface area contributed by atoms with Gasteiger partial charge < -0.3 is 14.6 Å². The predicted molar refractivity (Wildman–Crippen MR) is 72.5 cm³/mol. The molecule has 2 aromatic carbocycles. The van der Waals surface area contributed by atoms with Gasteiger partial charge in [0.05, 0.1) is 0 Å². The maximum absolute atomic E-state index is 10.5. The van der Waals surface area contributed by atoms with E-state index in [9.17, 15) is 5.11 Å². The van der Waals surface area contributed by atoms with Crippen LogP contribution in [0.4, 0.5) is 0 Å². The molecule has 98 valence electrons. The van der Waals surface area contributed by atoms with E-state index in [1.807, 2.05) is 50.2 Å². The molecule has 0 amide bonds. The Hall–Kier alpha value is -2.00. The van der Waals surface area contributed by atoms with Crippen LogP contribution in [0.2, 0.25) is 0 Å². The summed E-state index contributed by atoms with van der Waals surface area (Å²) in [6.45, 7) is 4.32. The summed E-state index contributed by atoms with van der Waals surface area (Å²) in [6.07, 6.45) is -0.644. The van der Waals surface area contributed by atoms with Crippen LogP contribution in [0, 0.1) is 13.8 Å². The van der Waals surface area contributed by atoms with E-state index in [0.29, 0.717) is 5.75 Å². The summed E-state index contributed by atoms with van der Waals surface area (Å²) < 4.78 is 10.6. The van der Waals surface area contributed by atoms with Gasteiger partial charge in [0, 0.05) is 0 Å². The minimum atomic E-state index is -0.644. The van der Waals surface area contributed by atoms with Gasteiger partial charge in [-0.3, -0.25) is 0 Å². The van der Waals surface area contributed by atoms with Crippen LogP contribution in [-0.4, -0.2) is 11.9 Å². The topological polar surface area (TPSA) is 38.7 Å². The van der Waals surface area contributed by atoms with Crippen LogP contribution >= 0.6 is 0 Å². The number of hydrogen-bond acceptors (Lipinski definition) is 3. The van der Waals surface area contributed by atoms with Gasteiger partial charge in [-0.1, -0.05) is 24.3 Å². The Kier molecular flexibility index (Phi) is 2.91. The molecule has 3 nitrogen and oxygen atoms in total. The van der Waals surface area contributed by atoms with Crippen LogP contribution in [0.1, 0.15) is 28.4 Å². The summed E-state index contributed by atoms with van der Waals surface area (Å²) in [5.41, 5.74) is 4.04. The summed E-state index contributed by atoms with van der Waals surface area (Å²) in [6, 6.07) is 11.5. The molecule has 1 heterocycles. The molecule has 0 spiro atoms. The fourth-order valence-corrected chi connectivity index (χ4v) is 2.33. The molecule has 1 atom stereocenters. The zero-order chi connectivity index (χ0) is 13.4. The van der Waals surface area contributed by atoms with Crippen molar-refractivity contribution in [3.05, 3.63) is 58.7 Å². The third-order valence-electron chi connectivity index (χ3n) is 3.65. The average Bonchev–Trinajstić information content (AvgIpc) is 2.88. The predicted octanol–water partition coefficient (Wildman–Crippen LogP) is 3.11. The number of benzene rings is 2. The van der Waals surface area contributed by atoms with Gasteiger partial charge in [-0.25, -0.2) is 0 Å². The Labute approximate surface area is 112 Å². The molecule has 0 fully saturated rings. The normalized spacial score (nSPS) is 14.5. The second-order valence-corrected chi connectivity index (χ2v) is 4.80. The number of rotatable bonds is 2. The van der Waals surface area contributed by atoms with Crippen molar-refractivity contribution in [2.45, 2.75) is 20.0 Å². The number of fused-ring (bicyclic) bond motifs is 1. The summed E-state index contributed by atoms with van der Waals surface area (Å²) in [5.74, 6) is 1.43. The third-order valence-corrected chi connectivity index (χ3v) is 3.65. The van der Waals surface area contributed by atoms with Crippen molar-refractivity contribution in [1.29, 1.82) is 0 Å². The molecule has 0 saturated carbocycles. The fourth-order valence-electron chi connectivity index (χ4n) is 2.33. The molecular formula is C16H16O3. The van der Waals surface area contributed by atoms with Crippen molar-refractivity contribution >= 4 is 0 Å². The Morgan fingerprint density at radius 3 is 2.68 bits per heavy atom. The number of hydrogen-bond donors (Lipinski definition) is 1. The third kappa shape index (κ3) is 2.06. The zero-order valence-corrected chi connectivity index (χ0v) is 11.0. The minimum absolute atomic E-state index is 0.248. The highest BCUT2D eigenvalue weighted by molar-refractivity contribution is 5.47. The second kappa shape index (κ2) is 4.59. The smallest absolute Gasteiger partial charge is 0.231 e. The van der Waals surface area contributed by atoms with Crippen molar-refractivity contribution in [1.82, 2.24) is 0 Å². The van der Waals surface area contributed by atoms with E-state index in [4.69, 9.17) is 9.47 Å². The number of aliphatic hydroxyl groups excluding tert-OH is 1. The van der Waals surface area contributed by atoms with Crippen LogP contribution in [0.3, 0.4) is 0 Å².